The molecule has 1 aromatic rings. The molecule has 2 nitrogen and oxygen atoms in total. The number of hydrogen-bond acceptors (Lipinski definition) is 3. The van der Waals surface area contributed by atoms with E-state index < -0.39 is 0 Å². The monoisotopic (exact) mass is 229 g/mol. The SMILES string of the molecule is Cc1cc(F)ccc1SCC(O)CCN. The molecule has 1 unspecified atom stereocenters. The zero-order valence-corrected chi connectivity index (χ0v) is 9.56. The van der Waals surface area contributed by atoms with Crippen molar-refractivity contribution in [3.05, 3.63) is 29.6 Å². The van der Waals surface area contributed by atoms with E-state index in [-0.39, 0.29) is 11.9 Å². The third kappa shape index (κ3) is 4.20. The van der Waals surface area contributed by atoms with Crippen LogP contribution >= 0.6 is 11.8 Å². The predicted molar refractivity (Wildman–Crippen MR) is 61.5 cm³/mol. The van der Waals surface area contributed by atoms with Crippen LogP contribution in [-0.2, 0) is 0 Å². The third-order valence-corrected chi connectivity index (χ3v) is 3.39. The Kier molecular flexibility index (Phi) is 5.08. The van der Waals surface area contributed by atoms with E-state index in [9.17, 15) is 9.50 Å². The normalized spacial score (nSPS) is 12.8. The molecule has 0 aromatic heterocycles. The van der Waals surface area contributed by atoms with Crippen LogP contribution in [0.5, 0.6) is 0 Å². The van der Waals surface area contributed by atoms with Gasteiger partial charge in [-0.05, 0) is 43.7 Å². The molecule has 0 heterocycles. The van der Waals surface area contributed by atoms with Gasteiger partial charge >= 0.3 is 0 Å². The Bertz CT molecular complexity index is 319. The second kappa shape index (κ2) is 6.10. The van der Waals surface area contributed by atoms with Gasteiger partial charge in [0.2, 0.25) is 0 Å². The number of aliphatic hydroxyl groups excluding tert-OH is 1. The quantitative estimate of drug-likeness (QED) is 0.758. The Morgan fingerprint density at radius 1 is 1.53 bits per heavy atom. The van der Waals surface area contributed by atoms with Crippen LogP contribution in [0.2, 0.25) is 0 Å². The van der Waals surface area contributed by atoms with Gasteiger partial charge in [-0.1, -0.05) is 0 Å². The van der Waals surface area contributed by atoms with Gasteiger partial charge in [-0.25, -0.2) is 4.39 Å². The van der Waals surface area contributed by atoms with Gasteiger partial charge in [-0.2, -0.15) is 0 Å². The van der Waals surface area contributed by atoms with E-state index >= 15 is 0 Å². The number of halogens is 1. The lowest BCUT2D eigenvalue weighted by Crippen LogP contribution is -2.15. The van der Waals surface area contributed by atoms with Crippen molar-refractivity contribution in [1.29, 1.82) is 0 Å². The highest BCUT2D eigenvalue weighted by Crippen LogP contribution is 2.23. The number of aliphatic hydroxyl groups is 1. The Balaban J connectivity index is 2.50. The van der Waals surface area contributed by atoms with Crippen LogP contribution in [0.4, 0.5) is 4.39 Å². The maximum atomic E-state index is 12.8. The molecule has 0 fully saturated rings. The summed E-state index contributed by atoms with van der Waals surface area (Å²) in [6, 6.07) is 4.67. The molecule has 0 aliphatic rings. The molecule has 1 rings (SSSR count). The molecule has 0 spiro atoms. The summed E-state index contributed by atoms with van der Waals surface area (Å²) < 4.78 is 12.8. The zero-order valence-electron chi connectivity index (χ0n) is 8.74. The largest absolute Gasteiger partial charge is 0.392 e. The van der Waals surface area contributed by atoms with Crippen LogP contribution in [0.3, 0.4) is 0 Å². The second-order valence-electron chi connectivity index (χ2n) is 3.45. The van der Waals surface area contributed by atoms with Crippen molar-refractivity contribution in [3.8, 4) is 0 Å². The maximum Gasteiger partial charge on any atom is 0.123 e. The number of hydrogen-bond donors (Lipinski definition) is 2. The van der Waals surface area contributed by atoms with Crippen LogP contribution in [0, 0.1) is 12.7 Å². The van der Waals surface area contributed by atoms with Gasteiger partial charge in [0, 0.05) is 10.6 Å². The lowest BCUT2D eigenvalue weighted by Gasteiger charge is -2.10. The van der Waals surface area contributed by atoms with Crippen LogP contribution in [0.25, 0.3) is 0 Å². The van der Waals surface area contributed by atoms with Crippen molar-refractivity contribution in [1.82, 2.24) is 0 Å². The van der Waals surface area contributed by atoms with E-state index in [0.717, 1.165) is 10.5 Å². The topological polar surface area (TPSA) is 46.2 Å². The van der Waals surface area contributed by atoms with Gasteiger partial charge in [-0.3, -0.25) is 0 Å². The Labute approximate surface area is 93.7 Å². The molecule has 15 heavy (non-hydrogen) atoms. The van der Waals surface area contributed by atoms with E-state index in [0.29, 0.717) is 18.7 Å². The smallest absolute Gasteiger partial charge is 0.123 e. The van der Waals surface area contributed by atoms with Gasteiger partial charge in [-0.15, -0.1) is 11.8 Å². The number of aryl methyl sites for hydroxylation is 1. The summed E-state index contributed by atoms with van der Waals surface area (Å²) in [5.41, 5.74) is 6.23. The van der Waals surface area contributed by atoms with E-state index in [2.05, 4.69) is 0 Å². The van der Waals surface area contributed by atoms with E-state index in [1.807, 2.05) is 6.92 Å². The summed E-state index contributed by atoms with van der Waals surface area (Å²) in [5, 5.41) is 9.48. The Hall–Kier alpha value is -0.580. The van der Waals surface area contributed by atoms with Crippen LogP contribution in [-0.4, -0.2) is 23.5 Å². The maximum absolute atomic E-state index is 12.8. The molecule has 84 valence electrons. The lowest BCUT2D eigenvalue weighted by atomic mass is 10.2. The van der Waals surface area contributed by atoms with Gasteiger partial charge in [0.05, 0.1) is 6.10 Å². The molecule has 0 bridgehead atoms. The minimum atomic E-state index is -0.385. The van der Waals surface area contributed by atoms with Gasteiger partial charge in [0.15, 0.2) is 0 Å². The highest BCUT2D eigenvalue weighted by molar-refractivity contribution is 7.99. The molecule has 0 aliphatic carbocycles. The molecule has 3 N–H and O–H groups in total. The summed E-state index contributed by atoms with van der Waals surface area (Å²) in [7, 11) is 0. The minimum absolute atomic E-state index is 0.223. The summed E-state index contributed by atoms with van der Waals surface area (Å²) in [6.07, 6.45) is 0.220. The van der Waals surface area contributed by atoms with Crippen LogP contribution in [0.1, 0.15) is 12.0 Å². The fourth-order valence-corrected chi connectivity index (χ4v) is 2.23. The first-order valence-corrected chi connectivity index (χ1v) is 5.89. The first-order valence-electron chi connectivity index (χ1n) is 4.90. The fraction of sp³-hybridized carbons (Fsp3) is 0.455. The first kappa shape index (κ1) is 12.5. The zero-order chi connectivity index (χ0) is 11.3. The molecule has 1 atom stereocenters. The van der Waals surface area contributed by atoms with Crippen LogP contribution < -0.4 is 5.73 Å². The Morgan fingerprint density at radius 3 is 2.87 bits per heavy atom. The predicted octanol–water partition coefficient (Wildman–Crippen LogP) is 1.94. The van der Waals surface area contributed by atoms with Gasteiger partial charge in [0.1, 0.15) is 5.82 Å². The fourth-order valence-electron chi connectivity index (χ4n) is 1.24. The lowest BCUT2D eigenvalue weighted by molar-refractivity contribution is 0.192. The molecular formula is C11H16FNOS. The van der Waals surface area contributed by atoms with Crippen molar-refractivity contribution >= 4 is 11.8 Å². The molecule has 4 heteroatoms. The average molecular weight is 229 g/mol. The van der Waals surface area contributed by atoms with Crippen molar-refractivity contribution < 1.29 is 9.50 Å². The van der Waals surface area contributed by atoms with Gasteiger partial charge in [0.25, 0.3) is 0 Å². The molecule has 0 aliphatic heterocycles. The molecule has 1 aromatic carbocycles. The average Bonchev–Trinajstić information content (AvgIpc) is 2.17. The number of thioether (sulfide) groups is 1. The molecule has 0 saturated carbocycles. The summed E-state index contributed by atoms with van der Waals surface area (Å²) in [4.78, 5) is 1.01. The summed E-state index contributed by atoms with van der Waals surface area (Å²) >= 11 is 1.53. The molecule has 0 amide bonds. The molecule has 0 saturated heterocycles. The molecule has 0 radical (unpaired) electrons. The van der Waals surface area contributed by atoms with E-state index in [1.165, 1.54) is 23.9 Å². The van der Waals surface area contributed by atoms with E-state index in [4.69, 9.17) is 5.73 Å². The number of benzene rings is 1. The standard InChI is InChI=1S/C11H16FNOS/c1-8-6-9(12)2-3-11(8)15-7-10(14)4-5-13/h2-3,6,10,14H,4-5,7,13H2,1H3. The van der Waals surface area contributed by atoms with E-state index in [1.54, 1.807) is 6.07 Å². The highest BCUT2D eigenvalue weighted by Gasteiger charge is 2.06. The van der Waals surface area contributed by atoms with Crippen molar-refractivity contribution in [3.63, 3.8) is 0 Å². The van der Waals surface area contributed by atoms with Crippen molar-refractivity contribution in [2.75, 3.05) is 12.3 Å². The van der Waals surface area contributed by atoms with Crippen molar-refractivity contribution in [2.24, 2.45) is 5.73 Å². The molecular weight excluding hydrogens is 213 g/mol. The van der Waals surface area contributed by atoms with Crippen molar-refractivity contribution in [2.45, 2.75) is 24.3 Å². The summed E-state index contributed by atoms with van der Waals surface area (Å²) in [5.74, 6) is 0.378. The van der Waals surface area contributed by atoms with Crippen LogP contribution in [0.15, 0.2) is 23.1 Å². The summed E-state index contributed by atoms with van der Waals surface area (Å²) in [6.45, 7) is 2.35. The number of rotatable bonds is 5. The second-order valence-corrected chi connectivity index (χ2v) is 4.51. The highest BCUT2D eigenvalue weighted by atomic mass is 32.2. The first-order chi connectivity index (χ1) is 7.13. The third-order valence-electron chi connectivity index (χ3n) is 2.07. The Morgan fingerprint density at radius 2 is 2.27 bits per heavy atom. The van der Waals surface area contributed by atoms with Gasteiger partial charge < -0.3 is 10.8 Å². The minimum Gasteiger partial charge on any atom is -0.392 e. The number of nitrogens with two attached hydrogens (primary N) is 1.